The summed E-state index contributed by atoms with van der Waals surface area (Å²) in [6, 6.07) is 3.31. The maximum atomic E-state index is 11.2. The number of rotatable bonds is 4. The van der Waals surface area contributed by atoms with E-state index in [4.69, 9.17) is 9.15 Å². The molecule has 0 bridgehead atoms. The van der Waals surface area contributed by atoms with Crippen LogP contribution in [-0.2, 0) is 10.1 Å². The number of ether oxygens (including phenoxy) is 1. The first-order valence-corrected chi connectivity index (χ1v) is 4.82. The van der Waals surface area contributed by atoms with Gasteiger partial charge in [-0.25, -0.2) is 4.79 Å². The number of halogens is 1. The molecule has 0 N–H and O–H groups in total. The Morgan fingerprint density at radius 2 is 2.46 bits per heavy atom. The van der Waals surface area contributed by atoms with Crippen molar-refractivity contribution in [3.63, 3.8) is 0 Å². The molecule has 1 aromatic rings. The van der Waals surface area contributed by atoms with Crippen LogP contribution in [0, 0.1) is 0 Å². The van der Waals surface area contributed by atoms with E-state index in [0.717, 1.165) is 0 Å². The van der Waals surface area contributed by atoms with Crippen molar-refractivity contribution in [3.8, 4) is 0 Å². The van der Waals surface area contributed by atoms with Crippen molar-refractivity contribution in [2.45, 2.75) is 5.33 Å². The zero-order chi connectivity index (χ0) is 9.68. The molecule has 0 unspecified atom stereocenters. The smallest absolute Gasteiger partial charge is 0.374 e. The first kappa shape index (κ1) is 10.1. The van der Waals surface area contributed by atoms with Crippen LogP contribution in [0.4, 0.5) is 0 Å². The minimum atomic E-state index is -0.466. The van der Waals surface area contributed by atoms with E-state index in [2.05, 4.69) is 22.5 Å². The van der Waals surface area contributed by atoms with Gasteiger partial charge in [0.2, 0.25) is 5.76 Å². The van der Waals surface area contributed by atoms with Crippen molar-refractivity contribution >= 4 is 21.9 Å². The third-order valence-electron chi connectivity index (χ3n) is 1.33. The van der Waals surface area contributed by atoms with Crippen molar-refractivity contribution in [3.05, 3.63) is 36.3 Å². The van der Waals surface area contributed by atoms with Crippen molar-refractivity contribution in [2.24, 2.45) is 0 Å². The Hall–Kier alpha value is -1.03. The summed E-state index contributed by atoms with van der Waals surface area (Å²) in [7, 11) is 0. The number of furan rings is 1. The highest BCUT2D eigenvalue weighted by atomic mass is 79.9. The summed E-state index contributed by atoms with van der Waals surface area (Å²) in [5.74, 6) is 0.453. The van der Waals surface area contributed by atoms with Gasteiger partial charge in [0.25, 0.3) is 0 Å². The Morgan fingerprint density at radius 3 is 3.00 bits per heavy atom. The number of carbonyl (C=O) groups excluding carboxylic acids is 1. The molecule has 1 heterocycles. The molecular formula is C9H9BrO3. The third-order valence-corrected chi connectivity index (χ3v) is 1.88. The first-order valence-electron chi connectivity index (χ1n) is 3.70. The molecule has 0 spiro atoms. The van der Waals surface area contributed by atoms with Crippen LogP contribution in [0.5, 0.6) is 0 Å². The van der Waals surface area contributed by atoms with Gasteiger partial charge >= 0.3 is 5.97 Å². The van der Waals surface area contributed by atoms with Gasteiger partial charge in [0.1, 0.15) is 12.4 Å². The molecule has 0 aliphatic carbocycles. The molecule has 0 aromatic carbocycles. The zero-order valence-corrected chi connectivity index (χ0v) is 8.54. The molecule has 0 radical (unpaired) electrons. The normalized spacial score (nSPS) is 9.62. The number of hydrogen-bond acceptors (Lipinski definition) is 3. The maximum absolute atomic E-state index is 11.2. The Balaban J connectivity index is 2.60. The zero-order valence-electron chi connectivity index (χ0n) is 6.96. The molecule has 1 aromatic heterocycles. The Labute approximate surface area is 84.5 Å². The predicted octanol–water partition coefficient (Wildman–Crippen LogP) is 2.52. The molecule has 13 heavy (non-hydrogen) atoms. The van der Waals surface area contributed by atoms with Crippen LogP contribution in [0.15, 0.2) is 29.2 Å². The molecule has 0 saturated heterocycles. The molecule has 0 fully saturated rings. The van der Waals surface area contributed by atoms with Crippen LogP contribution in [0.25, 0.3) is 0 Å². The van der Waals surface area contributed by atoms with Gasteiger partial charge in [-0.2, -0.15) is 0 Å². The summed E-state index contributed by atoms with van der Waals surface area (Å²) in [4.78, 5) is 11.2. The summed E-state index contributed by atoms with van der Waals surface area (Å²) in [6.07, 6.45) is 1.51. The fraction of sp³-hybridized carbons (Fsp3) is 0.222. The van der Waals surface area contributed by atoms with Gasteiger partial charge in [0, 0.05) is 0 Å². The molecule has 1 rings (SSSR count). The van der Waals surface area contributed by atoms with Gasteiger partial charge in [0.15, 0.2) is 0 Å². The van der Waals surface area contributed by atoms with E-state index in [-0.39, 0.29) is 12.4 Å². The van der Waals surface area contributed by atoms with E-state index in [1.165, 1.54) is 6.08 Å². The third kappa shape index (κ3) is 2.73. The summed E-state index contributed by atoms with van der Waals surface area (Å²) in [5, 5.41) is 0.585. The highest BCUT2D eigenvalue weighted by Crippen LogP contribution is 2.11. The topological polar surface area (TPSA) is 39.4 Å². The highest BCUT2D eigenvalue weighted by molar-refractivity contribution is 9.08. The number of esters is 1. The number of hydrogen-bond donors (Lipinski definition) is 0. The van der Waals surface area contributed by atoms with E-state index in [1.54, 1.807) is 12.1 Å². The molecule has 0 amide bonds. The second-order valence-electron chi connectivity index (χ2n) is 2.29. The van der Waals surface area contributed by atoms with Crippen LogP contribution in [0.1, 0.15) is 16.3 Å². The van der Waals surface area contributed by atoms with E-state index >= 15 is 0 Å². The lowest BCUT2D eigenvalue weighted by Crippen LogP contribution is -2.03. The van der Waals surface area contributed by atoms with Gasteiger partial charge in [-0.1, -0.05) is 28.6 Å². The van der Waals surface area contributed by atoms with Crippen LogP contribution >= 0.6 is 15.9 Å². The quantitative estimate of drug-likeness (QED) is 0.464. The fourth-order valence-electron chi connectivity index (χ4n) is 0.765. The highest BCUT2D eigenvalue weighted by Gasteiger charge is 2.10. The van der Waals surface area contributed by atoms with Crippen molar-refractivity contribution in [1.29, 1.82) is 0 Å². The molecule has 70 valence electrons. The SMILES string of the molecule is C=CCOC(=O)c1ccc(CBr)o1. The van der Waals surface area contributed by atoms with Gasteiger partial charge < -0.3 is 9.15 Å². The van der Waals surface area contributed by atoms with Gasteiger partial charge in [-0.3, -0.25) is 0 Å². The molecule has 0 aliphatic heterocycles. The van der Waals surface area contributed by atoms with E-state index < -0.39 is 5.97 Å². The molecule has 0 atom stereocenters. The standard InChI is InChI=1S/C9H9BrO3/c1-2-5-12-9(11)8-4-3-7(6-10)13-8/h2-4H,1,5-6H2. The maximum Gasteiger partial charge on any atom is 0.374 e. The second kappa shape index (κ2) is 4.87. The summed E-state index contributed by atoms with van der Waals surface area (Å²) < 4.78 is 9.90. The molecule has 0 saturated carbocycles. The predicted molar refractivity (Wildman–Crippen MR) is 51.8 cm³/mol. The number of alkyl halides is 1. The van der Waals surface area contributed by atoms with Crippen LogP contribution in [0.2, 0.25) is 0 Å². The van der Waals surface area contributed by atoms with E-state index in [1.807, 2.05) is 0 Å². The largest absolute Gasteiger partial charge is 0.456 e. The van der Waals surface area contributed by atoms with E-state index in [9.17, 15) is 4.79 Å². The van der Waals surface area contributed by atoms with Gasteiger partial charge in [-0.15, -0.1) is 0 Å². The average molecular weight is 245 g/mol. The van der Waals surface area contributed by atoms with Crippen molar-refractivity contribution in [2.75, 3.05) is 6.61 Å². The number of carbonyl (C=O) groups is 1. The Morgan fingerprint density at radius 1 is 1.69 bits per heavy atom. The molecule has 0 aliphatic rings. The van der Waals surface area contributed by atoms with E-state index in [0.29, 0.717) is 11.1 Å². The van der Waals surface area contributed by atoms with Crippen molar-refractivity contribution < 1.29 is 13.9 Å². The Bertz CT molecular complexity index is 304. The Kier molecular flexibility index (Phi) is 3.76. The van der Waals surface area contributed by atoms with Crippen LogP contribution in [0.3, 0.4) is 0 Å². The average Bonchev–Trinajstić information content (AvgIpc) is 2.62. The lowest BCUT2D eigenvalue weighted by atomic mass is 10.4. The van der Waals surface area contributed by atoms with Crippen LogP contribution < -0.4 is 0 Å². The lowest BCUT2D eigenvalue weighted by Gasteiger charge is -1.96. The minimum Gasteiger partial charge on any atom is -0.456 e. The van der Waals surface area contributed by atoms with Gasteiger partial charge in [0.05, 0.1) is 5.33 Å². The summed E-state index contributed by atoms with van der Waals surface area (Å²) in [5.41, 5.74) is 0. The summed E-state index contributed by atoms with van der Waals surface area (Å²) in [6.45, 7) is 3.63. The fourth-order valence-corrected chi connectivity index (χ4v) is 1.07. The second-order valence-corrected chi connectivity index (χ2v) is 2.85. The van der Waals surface area contributed by atoms with Gasteiger partial charge in [-0.05, 0) is 12.1 Å². The summed E-state index contributed by atoms with van der Waals surface area (Å²) >= 11 is 3.21. The van der Waals surface area contributed by atoms with Crippen molar-refractivity contribution in [1.82, 2.24) is 0 Å². The minimum absolute atomic E-state index is 0.198. The van der Waals surface area contributed by atoms with Crippen LogP contribution in [-0.4, -0.2) is 12.6 Å². The lowest BCUT2D eigenvalue weighted by molar-refractivity contribution is 0.0512. The monoisotopic (exact) mass is 244 g/mol. The molecule has 3 nitrogen and oxygen atoms in total. The first-order chi connectivity index (χ1) is 6.27. The molecule has 4 heteroatoms. The molecular weight excluding hydrogens is 236 g/mol.